The van der Waals surface area contributed by atoms with Crippen LogP contribution in [0.5, 0.6) is 5.75 Å². The van der Waals surface area contributed by atoms with Gasteiger partial charge in [0.05, 0.1) is 6.61 Å². The van der Waals surface area contributed by atoms with Crippen LogP contribution in [0.4, 0.5) is 4.39 Å². The van der Waals surface area contributed by atoms with E-state index >= 15 is 0 Å². The molecule has 3 heteroatoms. The molecular weight excluding hydrogens is 265 g/mol. The Morgan fingerprint density at radius 1 is 1.14 bits per heavy atom. The number of halogens is 1. The third kappa shape index (κ3) is 4.87. The van der Waals surface area contributed by atoms with Crippen molar-refractivity contribution >= 4 is 0 Å². The van der Waals surface area contributed by atoms with Gasteiger partial charge in [-0.1, -0.05) is 31.2 Å². The minimum atomic E-state index is -0.202. The number of rotatable bonds is 7. The minimum absolute atomic E-state index is 0.172. The highest BCUT2D eigenvalue weighted by atomic mass is 19.1. The van der Waals surface area contributed by atoms with Gasteiger partial charge in [-0.15, -0.1) is 0 Å². The zero-order valence-electron chi connectivity index (χ0n) is 12.6. The van der Waals surface area contributed by atoms with Gasteiger partial charge >= 0.3 is 0 Å². The molecule has 0 aliphatic carbocycles. The molecule has 2 aromatic rings. The molecule has 1 N–H and O–H groups in total. The third-order valence-electron chi connectivity index (χ3n) is 3.35. The van der Waals surface area contributed by atoms with Crippen molar-refractivity contribution in [2.75, 3.05) is 6.61 Å². The normalized spacial score (nSPS) is 12.1. The van der Waals surface area contributed by atoms with Crippen molar-refractivity contribution < 1.29 is 9.13 Å². The molecular formula is C18H22FNO. The zero-order chi connectivity index (χ0) is 15.1. The van der Waals surface area contributed by atoms with Gasteiger partial charge in [-0.25, -0.2) is 4.39 Å². The second kappa shape index (κ2) is 7.79. The molecule has 21 heavy (non-hydrogen) atoms. The van der Waals surface area contributed by atoms with E-state index in [1.807, 2.05) is 24.3 Å². The van der Waals surface area contributed by atoms with Gasteiger partial charge < -0.3 is 10.1 Å². The Kier molecular flexibility index (Phi) is 5.76. The van der Waals surface area contributed by atoms with Crippen molar-refractivity contribution in [2.45, 2.75) is 32.9 Å². The molecule has 0 aliphatic heterocycles. The van der Waals surface area contributed by atoms with Gasteiger partial charge in [-0.2, -0.15) is 0 Å². The summed E-state index contributed by atoms with van der Waals surface area (Å²) in [5.41, 5.74) is 2.26. The fraction of sp³-hybridized carbons (Fsp3) is 0.333. The Hall–Kier alpha value is -1.87. The van der Waals surface area contributed by atoms with Crippen molar-refractivity contribution in [1.29, 1.82) is 0 Å². The lowest BCUT2D eigenvalue weighted by Gasteiger charge is -2.15. The zero-order valence-corrected chi connectivity index (χ0v) is 12.6. The average Bonchev–Trinajstić information content (AvgIpc) is 2.52. The first-order valence-corrected chi connectivity index (χ1v) is 7.39. The Bertz CT molecular complexity index is 553. The lowest BCUT2D eigenvalue weighted by molar-refractivity contribution is 0.317. The fourth-order valence-electron chi connectivity index (χ4n) is 2.11. The Morgan fingerprint density at radius 2 is 1.90 bits per heavy atom. The number of nitrogens with one attached hydrogen (secondary N) is 1. The van der Waals surface area contributed by atoms with E-state index < -0.39 is 0 Å². The molecule has 2 nitrogen and oxygen atoms in total. The lowest BCUT2D eigenvalue weighted by atomic mass is 10.1. The number of hydrogen-bond acceptors (Lipinski definition) is 2. The van der Waals surface area contributed by atoms with Crippen LogP contribution in [0.1, 0.15) is 37.4 Å². The van der Waals surface area contributed by atoms with Crippen LogP contribution in [-0.4, -0.2) is 6.61 Å². The molecule has 0 saturated heterocycles. The van der Waals surface area contributed by atoms with Crippen molar-refractivity contribution in [3.8, 4) is 5.75 Å². The van der Waals surface area contributed by atoms with E-state index in [1.165, 1.54) is 17.7 Å². The summed E-state index contributed by atoms with van der Waals surface area (Å²) in [6, 6.07) is 14.9. The van der Waals surface area contributed by atoms with Crippen LogP contribution in [0.3, 0.4) is 0 Å². The summed E-state index contributed by atoms with van der Waals surface area (Å²) in [5.74, 6) is 0.706. The van der Waals surface area contributed by atoms with Crippen LogP contribution in [0.15, 0.2) is 48.5 Å². The lowest BCUT2D eigenvalue weighted by Crippen LogP contribution is -2.18. The third-order valence-corrected chi connectivity index (χ3v) is 3.35. The average molecular weight is 287 g/mol. The predicted octanol–water partition coefficient (Wildman–Crippen LogP) is 4.47. The van der Waals surface area contributed by atoms with Gasteiger partial charge in [-0.05, 0) is 48.7 Å². The summed E-state index contributed by atoms with van der Waals surface area (Å²) in [5, 5.41) is 3.44. The second-order valence-corrected chi connectivity index (χ2v) is 5.15. The van der Waals surface area contributed by atoms with Gasteiger partial charge in [0, 0.05) is 12.6 Å². The molecule has 2 rings (SSSR count). The number of ether oxygens (including phenoxy) is 1. The van der Waals surface area contributed by atoms with Crippen LogP contribution < -0.4 is 10.1 Å². The van der Waals surface area contributed by atoms with E-state index in [0.29, 0.717) is 0 Å². The van der Waals surface area contributed by atoms with Gasteiger partial charge in [0.15, 0.2) is 0 Å². The van der Waals surface area contributed by atoms with Crippen LogP contribution in [0.25, 0.3) is 0 Å². The van der Waals surface area contributed by atoms with Crippen molar-refractivity contribution in [1.82, 2.24) is 5.32 Å². The first kappa shape index (κ1) is 15.5. The fourth-order valence-corrected chi connectivity index (χ4v) is 2.11. The molecule has 0 heterocycles. The molecule has 0 radical (unpaired) electrons. The molecule has 2 aromatic carbocycles. The van der Waals surface area contributed by atoms with E-state index in [0.717, 1.165) is 30.9 Å². The van der Waals surface area contributed by atoms with Gasteiger partial charge in [0.25, 0.3) is 0 Å². The first-order valence-electron chi connectivity index (χ1n) is 7.39. The highest BCUT2D eigenvalue weighted by Gasteiger charge is 2.05. The molecule has 0 fully saturated rings. The Labute approximate surface area is 126 Å². The molecule has 0 spiro atoms. The van der Waals surface area contributed by atoms with Gasteiger partial charge in [0.1, 0.15) is 11.6 Å². The monoisotopic (exact) mass is 287 g/mol. The largest absolute Gasteiger partial charge is 0.494 e. The standard InChI is InChI=1S/C18H22FNO/c1-3-11-21-18-6-4-5-15(12-18)13-20-14(2)16-7-9-17(19)10-8-16/h4-10,12,14,20H,3,11,13H2,1-2H3/t14-/m1/s1. The summed E-state index contributed by atoms with van der Waals surface area (Å²) in [6.07, 6.45) is 1.00. The van der Waals surface area contributed by atoms with E-state index in [4.69, 9.17) is 4.74 Å². The Balaban J connectivity index is 1.91. The molecule has 1 atom stereocenters. The summed E-state index contributed by atoms with van der Waals surface area (Å²) in [7, 11) is 0. The summed E-state index contributed by atoms with van der Waals surface area (Å²) < 4.78 is 18.5. The van der Waals surface area contributed by atoms with Crippen molar-refractivity contribution in [2.24, 2.45) is 0 Å². The van der Waals surface area contributed by atoms with Crippen LogP contribution in [-0.2, 0) is 6.54 Å². The first-order chi connectivity index (χ1) is 10.2. The topological polar surface area (TPSA) is 21.3 Å². The maximum atomic E-state index is 12.9. The van der Waals surface area contributed by atoms with Crippen molar-refractivity contribution in [3.63, 3.8) is 0 Å². The van der Waals surface area contributed by atoms with Crippen molar-refractivity contribution in [3.05, 3.63) is 65.5 Å². The number of hydrogen-bond donors (Lipinski definition) is 1. The molecule has 0 bridgehead atoms. The highest BCUT2D eigenvalue weighted by Crippen LogP contribution is 2.16. The summed E-state index contributed by atoms with van der Waals surface area (Å²) in [6.45, 7) is 5.66. The maximum Gasteiger partial charge on any atom is 0.123 e. The SMILES string of the molecule is CCCOc1cccc(CN[C@H](C)c2ccc(F)cc2)c1. The highest BCUT2D eigenvalue weighted by molar-refractivity contribution is 5.28. The van der Waals surface area contributed by atoms with Crippen LogP contribution in [0.2, 0.25) is 0 Å². The smallest absolute Gasteiger partial charge is 0.123 e. The van der Waals surface area contributed by atoms with E-state index in [1.54, 1.807) is 0 Å². The minimum Gasteiger partial charge on any atom is -0.494 e. The summed E-state index contributed by atoms with van der Waals surface area (Å²) in [4.78, 5) is 0. The van der Waals surface area contributed by atoms with Crippen LogP contribution in [0, 0.1) is 5.82 Å². The quantitative estimate of drug-likeness (QED) is 0.811. The molecule has 112 valence electrons. The Morgan fingerprint density at radius 3 is 2.62 bits per heavy atom. The number of benzene rings is 2. The molecule has 0 aromatic heterocycles. The van der Waals surface area contributed by atoms with E-state index in [9.17, 15) is 4.39 Å². The molecule has 0 amide bonds. The molecule has 0 saturated carbocycles. The maximum absolute atomic E-state index is 12.9. The van der Waals surface area contributed by atoms with Crippen LogP contribution >= 0.6 is 0 Å². The molecule has 0 aliphatic rings. The molecule has 0 unspecified atom stereocenters. The summed E-state index contributed by atoms with van der Waals surface area (Å²) >= 11 is 0. The van der Waals surface area contributed by atoms with E-state index in [2.05, 4.69) is 31.3 Å². The van der Waals surface area contributed by atoms with Gasteiger partial charge in [-0.3, -0.25) is 0 Å². The predicted molar refractivity (Wildman–Crippen MR) is 83.9 cm³/mol. The van der Waals surface area contributed by atoms with E-state index in [-0.39, 0.29) is 11.9 Å². The second-order valence-electron chi connectivity index (χ2n) is 5.15. The van der Waals surface area contributed by atoms with Gasteiger partial charge in [0.2, 0.25) is 0 Å².